The number of rotatable bonds is 4. The van der Waals surface area contributed by atoms with Crippen molar-refractivity contribution in [2.24, 2.45) is 0 Å². The van der Waals surface area contributed by atoms with Gasteiger partial charge >= 0.3 is 5.95 Å². The first kappa shape index (κ1) is 13.4. The van der Waals surface area contributed by atoms with Crippen LogP contribution in [0.5, 0.6) is 0 Å². The lowest BCUT2D eigenvalue weighted by Gasteiger charge is -1.97. The predicted molar refractivity (Wildman–Crippen MR) is 73.2 cm³/mol. The summed E-state index contributed by atoms with van der Waals surface area (Å²) in [7, 11) is 0. The number of benzene rings is 1. The molecule has 0 amide bonds. The highest BCUT2D eigenvalue weighted by Crippen LogP contribution is 2.26. The molecule has 0 bridgehead atoms. The maximum Gasteiger partial charge on any atom is 0.490 e. The van der Waals surface area contributed by atoms with Crippen molar-refractivity contribution in [3.63, 3.8) is 0 Å². The van der Waals surface area contributed by atoms with Crippen molar-refractivity contribution in [3.8, 4) is 11.5 Å². The molecule has 0 atom stereocenters. The van der Waals surface area contributed by atoms with E-state index >= 15 is 0 Å². The molecule has 0 aliphatic rings. The van der Waals surface area contributed by atoms with Crippen molar-refractivity contribution in [2.75, 3.05) is 0 Å². The van der Waals surface area contributed by atoms with E-state index in [9.17, 15) is 10.1 Å². The maximum atomic E-state index is 10.5. The van der Waals surface area contributed by atoms with Gasteiger partial charge in [0.05, 0.1) is 5.56 Å². The molecule has 3 aromatic rings. The van der Waals surface area contributed by atoms with Crippen molar-refractivity contribution >= 4 is 21.9 Å². The van der Waals surface area contributed by atoms with Gasteiger partial charge in [0.15, 0.2) is 0 Å². The summed E-state index contributed by atoms with van der Waals surface area (Å²) < 4.78 is 7.60. The van der Waals surface area contributed by atoms with E-state index in [1.807, 2.05) is 24.3 Å². The third kappa shape index (κ3) is 2.79. The Morgan fingerprint density at radius 2 is 2.14 bits per heavy atom. The highest BCUT2D eigenvalue weighted by Gasteiger charge is 2.16. The molecule has 9 nitrogen and oxygen atoms in total. The molecule has 2 aromatic heterocycles. The average Bonchev–Trinajstić information content (AvgIpc) is 3.09. The van der Waals surface area contributed by atoms with Gasteiger partial charge < -0.3 is 14.5 Å². The van der Waals surface area contributed by atoms with E-state index in [-0.39, 0.29) is 12.4 Å². The number of halogens is 1. The maximum absolute atomic E-state index is 10.5. The lowest BCUT2D eigenvalue weighted by atomic mass is 10.2. The van der Waals surface area contributed by atoms with Gasteiger partial charge in [-0.15, -0.1) is 10.2 Å². The zero-order chi connectivity index (χ0) is 14.8. The Kier molecular flexibility index (Phi) is 3.44. The van der Waals surface area contributed by atoms with Gasteiger partial charge in [-0.1, -0.05) is 17.1 Å². The molecule has 0 unspecified atom stereocenters. The monoisotopic (exact) mass is 350 g/mol. The molecule has 3 rings (SSSR count). The van der Waals surface area contributed by atoms with Crippen molar-refractivity contribution in [1.29, 1.82) is 0 Å². The quantitative estimate of drug-likeness (QED) is 0.522. The van der Waals surface area contributed by atoms with E-state index in [0.29, 0.717) is 5.89 Å². The lowest BCUT2D eigenvalue weighted by molar-refractivity contribution is -0.394. The molecule has 0 N–H and O–H groups in total. The van der Waals surface area contributed by atoms with Crippen LogP contribution in [0.2, 0.25) is 0 Å². The number of nitrogens with zero attached hydrogens (tertiary/aromatic N) is 6. The van der Waals surface area contributed by atoms with Crippen LogP contribution in [-0.4, -0.2) is 29.9 Å². The van der Waals surface area contributed by atoms with Gasteiger partial charge in [-0.2, -0.15) is 4.68 Å². The van der Waals surface area contributed by atoms with Crippen LogP contribution in [0.4, 0.5) is 5.95 Å². The third-order valence-corrected chi connectivity index (χ3v) is 3.25. The number of aromatic nitrogens is 5. The fraction of sp³-hybridized carbons (Fsp3) is 0.0909. The van der Waals surface area contributed by atoms with E-state index in [1.165, 1.54) is 11.0 Å². The van der Waals surface area contributed by atoms with Gasteiger partial charge in [0, 0.05) is 9.57 Å². The Hall–Kier alpha value is -2.62. The van der Waals surface area contributed by atoms with E-state index in [1.54, 1.807) is 0 Å². The molecule has 21 heavy (non-hydrogen) atoms. The summed E-state index contributed by atoms with van der Waals surface area (Å²) in [5, 5.41) is 22.0. The van der Waals surface area contributed by atoms with Crippen molar-refractivity contribution in [2.45, 2.75) is 6.54 Å². The first-order chi connectivity index (χ1) is 10.1. The average molecular weight is 351 g/mol. The number of hydrogen-bond acceptors (Lipinski definition) is 7. The second-order valence-corrected chi connectivity index (χ2v) is 4.83. The van der Waals surface area contributed by atoms with E-state index in [2.05, 4.69) is 36.2 Å². The Bertz CT molecular complexity index is 799. The SMILES string of the molecule is O=[N+]([O-])c1ncn(Cc2nnc(-c3ccccc3Br)o2)n1. The fourth-order valence-electron chi connectivity index (χ4n) is 1.64. The second kappa shape index (κ2) is 5.40. The van der Waals surface area contributed by atoms with Crippen LogP contribution in [-0.2, 0) is 6.54 Å². The van der Waals surface area contributed by atoms with Crippen molar-refractivity contribution in [3.05, 3.63) is 51.1 Å². The van der Waals surface area contributed by atoms with E-state index in [0.717, 1.165) is 10.0 Å². The molecule has 0 saturated heterocycles. The van der Waals surface area contributed by atoms with Gasteiger partial charge in [0.1, 0.15) is 6.54 Å². The molecule has 0 spiro atoms. The van der Waals surface area contributed by atoms with Crippen LogP contribution in [0.25, 0.3) is 11.5 Å². The summed E-state index contributed by atoms with van der Waals surface area (Å²) in [6.45, 7) is 0.109. The molecular weight excluding hydrogens is 344 g/mol. The Labute approximate surface area is 125 Å². The molecule has 2 heterocycles. The smallest absolute Gasteiger partial charge is 0.419 e. The summed E-state index contributed by atoms with van der Waals surface area (Å²) in [6, 6.07) is 7.42. The number of hydrogen-bond donors (Lipinski definition) is 0. The molecule has 0 aliphatic carbocycles. The normalized spacial score (nSPS) is 10.7. The first-order valence-electron chi connectivity index (χ1n) is 5.74. The lowest BCUT2D eigenvalue weighted by Crippen LogP contribution is -2.01. The second-order valence-electron chi connectivity index (χ2n) is 3.98. The third-order valence-electron chi connectivity index (χ3n) is 2.56. The van der Waals surface area contributed by atoms with Gasteiger partial charge in [-0.25, -0.2) is 0 Å². The Balaban J connectivity index is 1.82. The zero-order valence-corrected chi connectivity index (χ0v) is 12.0. The summed E-state index contributed by atoms with van der Waals surface area (Å²) >= 11 is 3.40. The van der Waals surface area contributed by atoms with Gasteiger partial charge in [0.2, 0.25) is 18.1 Å². The highest BCUT2D eigenvalue weighted by atomic mass is 79.9. The van der Waals surface area contributed by atoms with Crippen molar-refractivity contribution in [1.82, 2.24) is 25.0 Å². The molecular formula is C11H7BrN6O3. The summed E-state index contributed by atoms with van der Waals surface area (Å²) in [4.78, 5) is 13.4. The molecule has 1 aromatic carbocycles. The van der Waals surface area contributed by atoms with Crippen molar-refractivity contribution < 1.29 is 9.34 Å². The summed E-state index contributed by atoms with van der Waals surface area (Å²) in [6.07, 6.45) is 1.24. The zero-order valence-electron chi connectivity index (χ0n) is 10.4. The van der Waals surface area contributed by atoms with Crippen LogP contribution >= 0.6 is 15.9 Å². The minimum absolute atomic E-state index is 0.109. The molecule has 0 aliphatic heterocycles. The molecule has 0 radical (unpaired) electrons. The Morgan fingerprint density at radius 1 is 1.33 bits per heavy atom. The topological polar surface area (TPSA) is 113 Å². The largest absolute Gasteiger partial charge is 0.490 e. The minimum atomic E-state index is -0.670. The predicted octanol–water partition coefficient (Wildman–Crippen LogP) is 2.05. The number of nitro groups is 1. The van der Waals surface area contributed by atoms with Gasteiger partial charge in [0.25, 0.3) is 0 Å². The molecule has 0 saturated carbocycles. The first-order valence-corrected chi connectivity index (χ1v) is 6.54. The van der Waals surface area contributed by atoms with Gasteiger partial charge in [-0.05, 0) is 33.0 Å². The van der Waals surface area contributed by atoms with E-state index < -0.39 is 10.9 Å². The Morgan fingerprint density at radius 3 is 2.86 bits per heavy atom. The van der Waals surface area contributed by atoms with Crippen LogP contribution in [0.3, 0.4) is 0 Å². The molecule has 10 heteroatoms. The summed E-state index contributed by atoms with van der Waals surface area (Å²) in [5.74, 6) is 0.160. The van der Waals surface area contributed by atoms with Crippen LogP contribution < -0.4 is 0 Å². The highest BCUT2D eigenvalue weighted by molar-refractivity contribution is 9.10. The van der Waals surface area contributed by atoms with Crippen LogP contribution in [0, 0.1) is 10.1 Å². The minimum Gasteiger partial charge on any atom is -0.419 e. The molecule has 106 valence electrons. The van der Waals surface area contributed by atoms with Crippen LogP contribution in [0.15, 0.2) is 39.5 Å². The van der Waals surface area contributed by atoms with Crippen LogP contribution in [0.1, 0.15) is 5.89 Å². The van der Waals surface area contributed by atoms with Gasteiger partial charge in [-0.3, -0.25) is 0 Å². The summed E-state index contributed by atoms with van der Waals surface area (Å²) in [5.41, 5.74) is 0.765. The fourth-order valence-corrected chi connectivity index (χ4v) is 2.10. The molecule has 0 fully saturated rings. The van der Waals surface area contributed by atoms with E-state index in [4.69, 9.17) is 4.42 Å². The standard InChI is InChI=1S/C11H7BrN6O3/c12-8-4-2-1-3-7(8)10-15-14-9(21-10)5-17-6-13-11(16-17)18(19)20/h1-4,6H,5H2.